The molecule has 1 heterocycles. The Morgan fingerprint density at radius 1 is 1.56 bits per heavy atom. The number of pyridine rings is 1. The van der Waals surface area contributed by atoms with E-state index >= 15 is 0 Å². The van der Waals surface area contributed by atoms with Gasteiger partial charge in [0, 0.05) is 13.0 Å². The molecule has 0 bridgehead atoms. The Morgan fingerprint density at radius 2 is 2.17 bits per heavy atom. The van der Waals surface area contributed by atoms with Gasteiger partial charge < -0.3 is 10.4 Å². The minimum absolute atomic E-state index is 0.0277. The van der Waals surface area contributed by atoms with Crippen LogP contribution in [0.5, 0.6) is 0 Å². The Labute approximate surface area is 104 Å². The highest BCUT2D eigenvalue weighted by atomic mass is 19.3. The summed E-state index contributed by atoms with van der Waals surface area (Å²) in [5.74, 6) is -4.27. The van der Waals surface area contributed by atoms with Gasteiger partial charge in [0.15, 0.2) is 0 Å². The second-order valence-corrected chi connectivity index (χ2v) is 4.27. The third kappa shape index (κ3) is 3.65. The summed E-state index contributed by atoms with van der Waals surface area (Å²) in [5, 5.41) is 11.8. The summed E-state index contributed by atoms with van der Waals surface area (Å²) in [6.45, 7) is 4.47. The molecule has 0 saturated heterocycles. The van der Waals surface area contributed by atoms with E-state index in [4.69, 9.17) is 5.11 Å². The highest BCUT2D eigenvalue weighted by Gasteiger charge is 2.28. The van der Waals surface area contributed by atoms with Crippen LogP contribution in [0, 0.1) is 0 Å². The van der Waals surface area contributed by atoms with Crippen molar-refractivity contribution < 1.29 is 18.7 Å². The largest absolute Gasteiger partial charge is 0.478 e. The van der Waals surface area contributed by atoms with Gasteiger partial charge in [0.2, 0.25) is 0 Å². The summed E-state index contributed by atoms with van der Waals surface area (Å²) in [5.41, 5.74) is -0.750. The normalized spacial score (nSPS) is 13.2. The molecule has 0 aliphatic carbocycles. The number of hydrogen-bond donors (Lipinski definition) is 2. The van der Waals surface area contributed by atoms with Gasteiger partial charge in [0.25, 0.3) is 5.92 Å². The number of nitrogens with zero attached hydrogens (tertiary/aromatic N) is 1. The second-order valence-electron chi connectivity index (χ2n) is 4.27. The fraction of sp³-hybridized carbons (Fsp3) is 0.500. The fourth-order valence-electron chi connectivity index (χ4n) is 1.31. The van der Waals surface area contributed by atoms with Crippen molar-refractivity contribution in [1.29, 1.82) is 0 Å². The first kappa shape index (κ1) is 14.3. The quantitative estimate of drug-likeness (QED) is 0.851. The van der Waals surface area contributed by atoms with Crippen LogP contribution in [-0.4, -0.2) is 22.1 Å². The number of halogens is 2. The van der Waals surface area contributed by atoms with Crippen molar-refractivity contribution in [2.75, 3.05) is 5.32 Å². The predicted octanol–water partition coefficient (Wildman–Crippen LogP) is 3.10. The standard InChI is InChI=1S/C12H16F2N2O2/c1-4-7(2)15-10-6-8(11(17)18)5-9(16-10)12(3,13)14/h5-7H,4H2,1-3H3,(H,15,16)(H,17,18)/t7-/m0/s1. The molecule has 0 spiro atoms. The molecular weight excluding hydrogens is 242 g/mol. The van der Waals surface area contributed by atoms with E-state index in [1.54, 1.807) is 0 Å². The molecular formula is C12H16F2N2O2. The van der Waals surface area contributed by atoms with Gasteiger partial charge in [-0.25, -0.2) is 9.78 Å². The lowest BCUT2D eigenvalue weighted by Gasteiger charge is -2.16. The van der Waals surface area contributed by atoms with Crippen molar-refractivity contribution in [3.05, 3.63) is 23.4 Å². The van der Waals surface area contributed by atoms with E-state index in [-0.39, 0.29) is 17.4 Å². The summed E-state index contributed by atoms with van der Waals surface area (Å²) < 4.78 is 26.4. The first-order valence-corrected chi connectivity index (χ1v) is 5.64. The molecule has 1 atom stereocenters. The minimum Gasteiger partial charge on any atom is -0.478 e. The summed E-state index contributed by atoms with van der Waals surface area (Å²) >= 11 is 0. The summed E-state index contributed by atoms with van der Waals surface area (Å²) in [4.78, 5) is 14.6. The average Bonchev–Trinajstić information content (AvgIpc) is 2.27. The van der Waals surface area contributed by atoms with Gasteiger partial charge in [-0.1, -0.05) is 6.92 Å². The van der Waals surface area contributed by atoms with Gasteiger partial charge >= 0.3 is 5.97 Å². The Kier molecular flexibility index (Phi) is 4.21. The smallest absolute Gasteiger partial charge is 0.335 e. The van der Waals surface area contributed by atoms with Crippen LogP contribution in [0.4, 0.5) is 14.6 Å². The lowest BCUT2D eigenvalue weighted by Crippen LogP contribution is -2.18. The van der Waals surface area contributed by atoms with Gasteiger partial charge in [-0.05, 0) is 25.5 Å². The maximum Gasteiger partial charge on any atom is 0.335 e. The van der Waals surface area contributed by atoms with Crippen LogP contribution in [0.3, 0.4) is 0 Å². The number of hydrogen-bond acceptors (Lipinski definition) is 3. The number of rotatable bonds is 5. The number of aromatic nitrogens is 1. The van der Waals surface area contributed by atoms with Crippen molar-refractivity contribution in [3.63, 3.8) is 0 Å². The van der Waals surface area contributed by atoms with Gasteiger partial charge in [0.1, 0.15) is 11.5 Å². The van der Waals surface area contributed by atoms with Crippen LogP contribution in [0.2, 0.25) is 0 Å². The summed E-state index contributed by atoms with van der Waals surface area (Å²) in [7, 11) is 0. The van der Waals surface area contributed by atoms with E-state index in [1.165, 1.54) is 6.07 Å². The number of carboxylic acid groups (broad SMARTS) is 1. The average molecular weight is 258 g/mol. The molecule has 0 aromatic carbocycles. The first-order valence-electron chi connectivity index (χ1n) is 5.64. The molecule has 0 saturated carbocycles. The van der Waals surface area contributed by atoms with E-state index in [0.29, 0.717) is 6.92 Å². The molecule has 1 aromatic rings. The lowest BCUT2D eigenvalue weighted by atomic mass is 10.1. The second kappa shape index (κ2) is 5.29. The maximum atomic E-state index is 13.2. The van der Waals surface area contributed by atoms with Gasteiger partial charge in [-0.2, -0.15) is 8.78 Å². The fourth-order valence-corrected chi connectivity index (χ4v) is 1.31. The molecule has 0 unspecified atom stereocenters. The molecule has 1 aromatic heterocycles. The highest BCUT2D eigenvalue weighted by Crippen LogP contribution is 2.27. The van der Waals surface area contributed by atoms with E-state index < -0.39 is 17.6 Å². The van der Waals surface area contributed by atoms with Crippen LogP contribution < -0.4 is 5.32 Å². The van der Waals surface area contributed by atoms with Crippen LogP contribution >= 0.6 is 0 Å². The van der Waals surface area contributed by atoms with E-state index in [9.17, 15) is 13.6 Å². The molecule has 0 aliphatic rings. The summed E-state index contributed by atoms with van der Waals surface area (Å²) in [6, 6.07) is 2.17. The Morgan fingerprint density at radius 3 is 2.61 bits per heavy atom. The van der Waals surface area contributed by atoms with E-state index in [1.807, 2.05) is 13.8 Å². The lowest BCUT2D eigenvalue weighted by molar-refractivity contribution is 0.0128. The van der Waals surface area contributed by atoms with Crippen LogP contribution in [-0.2, 0) is 5.92 Å². The molecule has 6 heteroatoms. The first-order chi connectivity index (χ1) is 8.24. The number of carboxylic acids is 1. The zero-order valence-corrected chi connectivity index (χ0v) is 10.5. The predicted molar refractivity (Wildman–Crippen MR) is 64.1 cm³/mol. The zero-order valence-electron chi connectivity index (χ0n) is 10.5. The molecule has 1 rings (SSSR count). The highest BCUT2D eigenvalue weighted by molar-refractivity contribution is 5.88. The van der Waals surface area contributed by atoms with Gasteiger partial charge in [0.05, 0.1) is 5.56 Å². The topological polar surface area (TPSA) is 62.2 Å². The monoisotopic (exact) mass is 258 g/mol. The third-order valence-corrected chi connectivity index (χ3v) is 2.53. The molecule has 0 fully saturated rings. The van der Waals surface area contributed by atoms with Crippen LogP contribution in [0.15, 0.2) is 12.1 Å². The minimum atomic E-state index is -3.17. The van der Waals surface area contributed by atoms with Crippen molar-refractivity contribution in [2.45, 2.75) is 39.2 Å². The molecule has 0 aliphatic heterocycles. The van der Waals surface area contributed by atoms with Crippen LogP contribution in [0.1, 0.15) is 43.2 Å². The Bertz CT molecular complexity index is 444. The van der Waals surface area contributed by atoms with Crippen molar-refractivity contribution in [3.8, 4) is 0 Å². The maximum absolute atomic E-state index is 13.2. The van der Waals surface area contributed by atoms with Crippen molar-refractivity contribution in [2.24, 2.45) is 0 Å². The van der Waals surface area contributed by atoms with Gasteiger partial charge in [-0.15, -0.1) is 0 Å². The molecule has 2 N–H and O–H groups in total. The zero-order chi connectivity index (χ0) is 13.9. The van der Waals surface area contributed by atoms with Crippen molar-refractivity contribution in [1.82, 2.24) is 4.98 Å². The van der Waals surface area contributed by atoms with Crippen molar-refractivity contribution >= 4 is 11.8 Å². The number of carbonyl (C=O) groups is 1. The molecule has 18 heavy (non-hydrogen) atoms. The number of nitrogens with one attached hydrogen (secondary N) is 1. The molecule has 0 radical (unpaired) electrons. The Hall–Kier alpha value is -1.72. The Balaban J connectivity index is 3.18. The number of alkyl halides is 2. The number of aromatic carboxylic acids is 1. The molecule has 4 nitrogen and oxygen atoms in total. The SMILES string of the molecule is CC[C@H](C)Nc1cc(C(=O)O)cc(C(C)(F)F)n1. The van der Waals surface area contributed by atoms with Crippen LogP contribution in [0.25, 0.3) is 0 Å². The molecule has 100 valence electrons. The van der Waals surface area contributed by atoms with E-state index in [2.05, 4.69) is 10.3 Å². The van der Waals surface area contributed by atoms with Gasteiger partial charge in [-0.3, -0.25) is 0 Å². The summed E-state index contributed by atoms with van der Waals surface area (Å²) in [6.07, 6.45) is 0.775. The molecule has 0 amide bonds. The third-order valence-electron chi connectivity index (χ3n) is 2.53. The number of anilines is 1. The van der Waals surface area contributed by atoms with E-state index in [0.717, 1.165) is 12.5 Å².